The van der Waals surface area contributed by atoms with Gasteiger partial charge in [-0.1, -0.05) is 0 Å². The first kappa shape index (κ1) is 31.4. The van der Waals surface area contributed by atoms with Crippen molar-refractivity contribution in [1.82, 2.24) is 9.88 Å². The van der Waals surface area contributed by atoms with Crippen LogP contribution in [0.1, 0.15) is 34.5 Å². The first-order chi connectivity index (χ1) is 21.7. The molecule has 0 bridgehead atoms. The molecule has 7 N–H and O–H groups in total. The topological polar surface area (TPSA) is 210 Å². The number of H-pyrrole nitrogens is 1. The number of furan rings is 1. The molecule has 0 saturated carbocycles. The molecule has 0 radical (unpaired) electrons. The second-order valence-corrected chi connectivity index (χ2v) is 11.0. The predicted octanol–water partition coefficient (Wildman–Crippen LogP) is 2.62. The van der Waals surface area contributed by atoms with Crippen molar-refractivity contribution in [3.63, 3.8) is 0 Å². The molecule has 1 amide bonds. The van der Waals surface area contributed by atoms with Crippen molar-refractivity contribution in [2.75, 3.05) is 44.2 Å². The van der Waals surface area contributed by atoms with Gasteiger partial charge in [-0.25, -0.2) is 4.79 Å². The number of piperazine rings is 1. The number of fused-ring (bicyclic) bond motifs is 2. The molecule has 1 fully saturated rings. The number of anilines is 1. The van der Waals surface area contributed by atoms with Crippen LogP contribution in [0.3, 0.4) is 0 Å². The highest BCUT2D eigenvalue weighted by Gasteiger charge is 2.38. The molecule has 4 aromatic rings. The number of aryl methyl sites for hydroxylation is 1. The van der Waals surface area contributed by atoms with Gasteiger partial charge in [0.1, 0.15) is 11.7 Å². The molecule has 13 heteroatoms. The molecule has 0 spiro atoms. The number of unbranched alkanes of at least 4 members (excludes halogenated alkanes) is 1. The maximum Gasteiger partial charge on any atom is 0.377 e. The third-order valence-electron chi connectivity index (χ3n) is 8.02. The summed E-state index contributed by atoms with van der Waals surface area (Å²) in [7, 11) is 0. The van der Waals surface area contributed by atoms with Crippen LogP contribution in [-0.4, -0.2) is 93.7 Å². The molecule has 2 aliphatic heterocycles. The number of carbonyl (C=O) groups is 2. The lowest BCUT2D eigenvalue weighted by Gasteiger charge is -2.36. The molecule has 1 saturated heterocycles. The van der Waals surface area contributed by atoms with Crippen molar-refractivity contribution in [2.24, 2.45) is 5.73 Å². The molecule has 4 heterocycles. The van der Waals surface area contributed by atoms with Crippen LogP contribution in [0.2, 0.25) is 0 Å². The zero-order valence-corrected chi connectivity index (χ0v) is 24.5. The number of amides is 1. The summed E-state index contributed by atoms with van der Waals surface area (Å²) in [5.41, 5.74) is 10.3. The van der Waals surface area contributed by atoms with Gasteiger partial charge in [-0.2, -0.15) is 5.26 Å². The van der Waals surface area contributed by atoms with E-state index in [0.717, 1.165) is 68.6 Å². The van der Waals surface area contributed by atoms with E-state index in [1.807, 2.05) is 30.3 Å². The van der Waals surface area contributed by atoms with Gasteiger partial charge in [-0.15, -0.1) is 0 Å². The molecule has 45 heavy (non-hydrogen) atoms. The number of cyclic esters (lactones) is 1. The number of aliphatic hydroxyl groups excluding tert-OH is 4. The number of aromatic amines is 1. The van der Waals surface area contributed by atoms with Crippen LogP contribution in [0.5, 0.6) is 0 Å². The van der Waals surface area contributed by atoms with Gasteiger partial charge in [0.05, 0.1) is 18.2 Å². The summed E-state index contributed by atoms with van der Waals surface area (Å²) < 4.78 is 9.80. The number of nitrogens with two attached hydrogens (primary N) is 1. The highest BCUT2D eigenvalue weighted by molar-refractivity contribution is 5.95. The summed E-state index contributed by atoms with van der Waals surface area (Å²) in [5.74, 6) is -3.12. The van der Waals surface area contributed by atoms with E-state index in [1.54, 1.807) is 6.07 Å². The fourth-order valence-corrected chi connectivity index (χ4v) is 5.51. The van der Waals surface area contributed by atoms with Gasteiger partial charge < -0.3 is 45.2 Å². The molecule has 236 valence electrons. The number of aliphatic hydroxyl groups is 4. The number of esters is 1. The van der Waals surface area contributed by atoms with E-state index < -0.39 is 42.2 Å². The minimum absolute atomic E-state index is 0.199. The Morgan fingerprint density at radius 3 is 2.56 bits per heavy atom. The fourth-order valence-electron chi connectivity index (χ4n) is 5.51. The zero-order valence-electron chi connectivity index (χ0n) is 24.5. The molecular formula is C32H35N5O8. The number of aromatic nitrogens is 1. The van der Waals surface area contributed by atoms with Gasteiger partial charge in [0.15, 0.2) is 17.6 Å². The highest BCUT2D eigenvalue weighted by Crippen LogP contribution is 2.26. The van der Waals surface area contributed by atoms with E-state index in [2.05, 4.69) is 37.9 Å². The molecule has 6 rings (SSSR count). The Balaban J connectivity index is 0.000000282. The van der Waals surface area contributed by atoms with E-state index in [1.165, 1.54) is 10.9 Å². The average Bonchev–Trinajstić information content (AvgIpc) is 3.75. The molecule has 0 unspecified atom stereocenters. The molecule has 2 aromatic carbocycles. The lowest BCUT2D eigenvalue weighted by Crippen LogP contribution is -2.46. The average molecular weight is 618 g/mol. The quantitative estimate of drug-likeness (QED) is 0.119. The smallest absolute Gasteiger partial charge is 0.377 e. The monoisotopic (exact) mass is 617 g/mol. The van der Waals surface area contributed by atoms with Crippen molar-refractivity contribution >= 4 is 39.4 Å². The van der Waals surface area contributed by atoms with Gasteiger partial charge in [0.2, 0.25) is 5.76 Å². The summed E-state index contributed by atoms with van der Waals surface area (Å²) in [6, 6.07) is 15.8. The van der Waals surface area contributed by atoms with Crippen LogP contribution >= 0.6 is 0 Å². The van der Waals surface area contributed by atoms with E-state index in [0.29, 0.717) is 11.1 Å². The van der Waals surface area contributed by atoms with Gasteiger partial charge in [0, 0.05) is 54.4 Å². The van der Waals surface area contributed by atoms with Crippen LogP contribution in [0.25, 0.3) is 21.9 Å². The Morgan fingerprint density at radius 1 is 1.11 bits per heavy atom. The van der Waals surface area contributed by atoms with Crippen LogP contribution < -0.4 is 10.6 Å². The molecular weight excluding hydrogens is 582 g/mol. The standard InChI is InChI=1S/C26H27N5O2.C6H8O6/c27-16-18-4-6-23-22(13-18)19(17-29-23)3-1-2-8-30-9-11-31(12-10-30)21-5-7-24-20(14-21)15-25(33-24)26(28)32;7-1-2(8)5-3(9)4(10)6(11)12-5/h4-7,13-15,17,29H,1-3,8-12H2,(H2,28,32);2,5,7-10H,1H2/t;2-,5+/m.0/s1. The summed E-state index contributed by atoms with van der Waals surface area (Å²) in [6.07, 6.45) is 2.60. The molecule has 0 aliphatic carbocycles. The second-order valence-electron chi connectivity index (χ2n) is 11.0. The number of hydrogen-bond donors (Lipinski definition) is 6. The van der Waals surface area contributed by atoms with E-state index in [-0.39, 0.29) is 5.76 Å². The fraction of sp³-hybridized carbons (Fsp3) is 0.344. The lowest BCUT2D eigenvalue weighted by atomic mass is 10.1. The third-order valence-corrected chi connectivity index (χ3v) is 8.02. The molecule has 13 nitrogen and oxygen atoms in total. The maximum atomic E-state index is 11.4. The second kappa shape index (κ2) is 13.7. The van der Waals surface area contributed by atoms with Crippen molar-refractivity contribution in [3.8, 4) is 6.07 Å². The number of rotatable bonds is 9. The lowest BCUT2D eigenvalue weighted by molar-refractivity contribution is -0.147. The van der Waals surface area contributed by atoms with Gasteiger partial charge in [0.25, 0.3) is 5.91 Å². The van der Waals surface area contributed by atoms with Crippen LogP contribution in [0, 0.1) is 11.3 Å². The van der Waals surface area contributed by atoms with E-state index >= 15 is 0 Å². The molecule has 2 aromatic heterocycles. The molecule has 2 atom stereocenters. The minimum Gasteiger partial charge on any atom is -0.505 e. The SMILES string of the molecule is N#Cc1ccc2[nH]cc(CCCCN3CCN(c4ccc5oc(C(N)=O)cc5c4)CC3)c2c1.O=C1O[C@H]([C@@H](O)CO)C(O)=C1O. The first-order valence-corrected chi connectivity index (χ1v) is 14.6. The van der Waals surface area contributed by atoms with Crippen LogP contribution in [0.15, 0.2) is 64.6 Å². The Morgan fingerprint density at radius 2 is 1.89 bits per heavy atom. The van der Waals surface area contributed by atoms with Gasteiger partial charge in [-0.3, -0.25) is 9.69 Å². The number of nitrogens with zero attached hydrogens (tertiary/aromatic N) is 3. The molecule has 2 aliphatic rings. The third kappa shape index (κ3) is 7.04. The van der Waals surface area contributed by atoms with E-state index in [9.17, 15) is 9.59 Å². The Labute approximate surface area is 258 Å². The summed E-state index contributed by atoms with van der Waals surface area (Å²) in [5, 5.41) is 46.3. The van der Waals surface area contributed by atoms with Crippen molar-refractivity contribution in [3.05, 3.63) is 77.1 Å². The van der Waals surface area contributed by atoms with Crippen LogP contribution in [-0.2, 0) is 16.0 Å². The largest absolute Gasteiger partial charge is 0.505 e. The number of nitrogens with one attached hydrogen (secondary N) is 1. The Bertz CT molecular complexity index is 1760. The Hall–Kier alpha value is -5.03. The predicted molar refractivity (Wildman–Crippen MR) is 165 cm³/mol. The van der Waals surface area contributed by atoms with Gasteiger partial charge >= 0.3 is 5.97 Å². The number of ether oxygens (including phenoxy) is 1. The van der Waals surface area contributed by atoms with E-state index in [4.69, 9.17) is 35.8 Å². The van der Waals surface area contributed by atoms with Gasteiger partial charge in [-0.05, 0) is 73.8 Å². The maximum absolute atomic E-state index is 11.4. The van der Waals surface area contributed by atoms with Crippen molar-refractivity contribution in [1.29, 1.82) is 5.26 Å². The number of primary amides is 1. The minimum atomic E-state index is -1.42. The van der Waals surface area contributed by atoms with Crippen LogP contribution in [0.4, 0.5) is 5.69 Å². The summed E-state index contributed by atoms with van der Waals surface area (Å²) >= 11 is 0. The number of carbonyl (C=O) groups excluding carboxylic acids is 2. The highest BCUT2D eigenvalue weighted by atomic mass is 16.6. The number of hydrogen-bond acceptors (Lipinski definition) is 11. The van der Waals surface area contributed by atoms with Crippen molar-refractivity contribution in [2.45, 2.75) is 31.5 Å². The first-order valence-electron chi connectivity index (χ1n) is 14.6. The zero-order chi connectivity index (χ0) is 32.1. The number of benzene rings is 2. The number of nitriles is 1. The normalized spacial score (nSPS) is 17.7. The summed E-state index contributed by atoms with van der Waals surface area (Å²) in [6.45, 7) is 4.46. The Kier molecular flexibility index (Phi) is 9.58. The van der Waals surface area contributed by atoms with Crippen molar-refractivity contribution < 1.29 is 39.2 Å². The summed E-state index contributed by atoms with van der Waals surface area (Å²) in [4.78, 5) is 30.1.